The number of ether oxygens (including phenoxy) is 2. The van der Waals surface area contributed by atoms with E-state index in [4.69, 9.17) is 32.4 Å². The monoisotopic (exact) mass is 1230 g/mol. The van der Waals surface area contributed by atoms with Crippen LogP contribution in [0.2, 0.25) is 0 Å². The van der Waals surface area contributed by atoms with E-state index in [0.29, 0.717) is 18.6 Å². The average Bonchev–Trinajstić information content (AvgIpc) is 1.59. The lowest BCUT2D eigenvalue weighted by Crippen LogP contribution is -2.36. The fraction of sp³-hybridized carbons (Fsp3) is 0.500. The van der Waals surface area contributed by atoms with Crippen molar-refractivity contribution in [3.63, 3.8) is 0 Å². The number of hydrogen-bond acceptors (Lipinski definition) is 10. The fourth-order valence-corrected chi connectivity index (χ4v) is 16.8. The summed E-state index contributed by atoms with van der Waals surface area (Å²) >= 11 is 7.75. The second-order valence-corrected chi connectivity index (χ2v) is 30.1. The van der Waals surface area contributed by atoms with E-state index < -0.39 is 0 Å². The van der Waals surface area contributed by atoms with Gasteiger partial charge in [-0.25, -0.2) is 9.78 Å². The number of benzene rings is 4. The number of unbranched alkanes of at least 4 members (excludes halogenated alkanes) is 5. The van der Waals surface area contributed by atoms with Crippen LogP contribution in [0.3, 0.4) is 0 Å². The number of rotatable bonds is 38. The van der Waals surface area contributed by atoms with E-state index in [1.165, 1.54) is 124 Å². The number of hydrogen-bond donors (Lipinski definition) is 0. The van der Waals surface area contributed by atoms with Crippen LogP contribution in [-0.4, -0.2) is 49.6 Å². The molecule has 0 aliphatic rings. The van der Waals surface area contributed by atoms with Crippen LogP contribution in [0.15, 0.2) is 116 Å². The van der Waals surface area contributed by atoms with Crippen molar-refractivity contribution in [3.8, 4) is 31.0 Å². The smallest absolute Gasteiger partial charge is 0.154 e. The molecule has 4 heterocycles. The van der Waals surface area contributed by atoms with E-state index in [-0.39, 0.29) is 17.6 Å². The summed E-state index contributed by atoms with van der Waals surface area (Å²) in [5.74, 6) is 2.87. The Kier molecular flexibility index (Phi) is 24.9. The summed E-state index contributed by atoms with van der Waals surface area (Å²) in [5.41, 5.74) is 7.63. The summed E-state index contributed by atoms with van der Waals surface area (Å²) in [6, 6.07) is 36.5. The van der Waals surface area contributed by atoms with Gasteiger partial charge in [-0.3, -0.25) is 0 Å². The molecule has 8 rings (SSSR count). The van der Waals surface area contributed by atoms with Crippen molar-refractivity contribution in [1.29, 1.82) is 0 Å². The molecule has 8 aromatic rings. The largest absolute Gasteiger partial charge is 0.493 e. The molecule has 0 radical (unpaired) electrons. The van der Waals surface area contributed by atoms with Crippen LogP contribution in [0.25, 0.3) is 56.2 Å². The van der Waals surface area contributed by atoms with Crippen molar-refractivity contribution < 1.29 is 19.2 Å². The molecule has 0 saturated heterocycles. The lowest BCUT2D eigenvalue weighted by atomic mass is 9.79. The summed E-state index contributed by atoms with van der Waals surface area (Å²) in [6.07, 6.45) is 18.1. The first-order valence-electron chi connectivity index (χ1n) is 32.6. The number of nitrogens with zero attached hydrogens (tertiary/aromatic N) is 2. The highest BCUT2D eigenvalue weighted by Gasteiger charge is 2.30. The topological polar surface area (TPSA) is 43.4 Å². The Hall–Kier alpha value is -4.94. The molecule has 6 nitrogen and oxygen atoms in total. The summed E-state index contributed by atoms with van der Waals surface area (Å²) in [7, 11) is 0. The Morgan fingerprint density at radius 2 is 1.01 bits per heavy atom. The minimum Gasteiger partial charge on any atom is -0.493 e. The maximum atomic E-state index is 6.31. The van der Waals surface area contributed by atoms with Crippen molar-refractivity contribution in [1.82, 2.24) is 9.80 Å². The molecule has 2 unspecified atom stereocenters. The average molecular weight is 1240 g/mol. The lowest BCUT2D eigenvalue weighted by Gasteiger charge is -2.38. The maximum absolute atomic E-state index is 6.31. The highest BCUT2D eigenvalue weighted by molar-refractivity contribution is 7.28. The van der Waals surface area contributed by atoms with Gasteiger partial charge in [0.2, 0.25) is 0 Å². The van der Waals surface area contributed by atoms with Gasteiger partial charge < -0.3 is 19.3 Å². The van der Waals surface area contributed by atoms with Crippen LogP contribution in [0.4, 0.5) is 0 Å². The molecule has 86 heavy (non-hydrogen) atoms. The minimum absolute atomic E-state index is 0.0253. The SMILES string of the molecule is C=C(c1ccc(-c2cc3c(C)cc4c(cc(C)c5cc(-c6ccc(C(C)(CCC)CCCC)s6)sc54)c3s2)s1)N(CCCCc1ccc(OCC(C)C)cc1)COOCN(CCCCc1ccc(OCC(C)C)cc1)C(=C)C(C)(CC)CCCCC. The minimum atomic E-state index is -0.0253. The molecule has 0 bridgehead atoms. The predicted octanol–water partition coefficient (Wildman–Crippen LogP) is 23.7. The Balaban J connectivity index is 0.989. The van der Waals surface area contributed by atoms with Gasteiger partial charge in [-0.05, 0) is 196 Å². The molecule has 4 aromatic heterocycles. The van der Waals surface area contributed by atoms with Gasteiger partial charge in [0, 0.05) is 79.9 Å². The second kappa shape index (κ2) is 32.0. The van der Waals surface area contributed by atoms with Gasteiger partial charge >= 0.3 is 0 Å². The first-order chi connectivity index (χ1) is 41.5. The molecule has 0 N–H and O–H groups in total. The van der Waals surface area contributed by atoms with E-state index in [9.17, 15) is 0 Å². The van der Waals surface area contributed by atoms with Crippen molar-refractivity contribution in [3.05, 3.63) is 148 Å². The quantitative estimate of drug-likeness (QED) is 0.0166. The molecule has 0 amide bonds. The zero-order valence-corrected chi connectivity index (χ0v) is 57.8. The first kappa shape index (κ1) is 67.0. The van der Waals surface area contributed by atoms with Crippen molar-refractivity contribution >= 4 is 82.0 Å². The number of allylic oxidation sites excluding steroid dienone is 1. The van der Waals surface area contributed by atoms with Crippen LogP contribution < -0.4 is 9.47 Å². The van der Waals surface area contributed by atoms with Crippen LogP contribution in [-0.2, 0) is 28.0 Å². The molecule has 0 aliphatic heterocycles. The molecule has 10 heteroatoms. The van der Waals surface area contributed by atoms with Gasteiger partial charge in [0.05, 0.1) is 18.1 Å². The van der Waals surface area contributed by atoms with Gasteiger partial charge in [-0.2, -0.15) is 0 Å². The lowest BCUT2D eigenvalue weighted by molar-refractivity contribution is -0.328. The zero-order chi connectivity index (χ0) is 61.4. The van der Waals surface area contributed by atoms with Gasteiger partial charge in [-0.15, -0.1) is 45.3 Å². The summed E-state index contributed by atoms with van der Waals surface area (Å²) in [4.78, 5) is 25.2. The Morgan fingerprint density at radius 3 is 1.52 bits per heavy atom. The summed E-state index contributed by atoms with van der Waals surface area (Å²) in [5, 5.41) is 5.44. The summed E-state index contributed by atoms with van der Waals surface area (Å²) < 4.78 is 14.7. The molecule has 0 spiro atoms. The Morgan fingerprint density at radius 1 is 0.500 bits per heavy atom. The van der Waals surface area contributed by atoms with Gasteiger partial charge in [0.25, 0.3) is 0 Å². The fourth-order valence-electron chi connectivity index (χ4n) is 11.9. The summed E-state index contributed by atoms with van der Waals surface area (Å²) in [6.45, 7) is 40.7. The Bertz CT molecular complexity index is 3410. The van der Waals surface area contributed by atoms with Crippen LogP contribution in [0.5, 0.6) is 11.5 Å². The Labute approximate surface area is 534 Å². The van der Waals surface area contributed by atoms with Gasteiger partial charge in [0.15, 0.2) is 13.5 Å². The normalized spacial score (nSPS) is 13.3. The van der Waals surface area contributed by atoms with E-state index in [0.717, 1.165) is 105 Å². The standard InChI is InChI=1S/C76H102N2O4S4/c1-15-19-23-42-75(13,18-4)58(12)78(44-25-22-27-60-30-34-62(35-31-60)80-50-54(7)8)52-82-81-51-77(43-24-21-26-59-28-32-61(33-29-59)79-49-53(5)6)57(11)67-36-37-68(83-67)70-47-63-55(9)45-66-65(73(63)85-70)46-56(10)64-48-71(86-74(64)66)69-38-39-72(84-69)76(14,40-17-3)41-20-16-2/h28-39,45-48,53-54H,11-12,15-27,40-44,49-52H2,1-10,13-14H3. The van der Waals surface area contributed by atoms with Crippen molar-refractivity contribution in [2.45, 2.75) is 191 Å². The van der Waals surface area contributed by atoms with E-state index in [1.807, 2.05) is 45.3 Å². The highest BCUT2D eigenvalue weighted by Crippen LogP contribution is 2.49. The van der Waals surface area contributed by atoms with E-state index in [2.05, 4.69) is 190 Å². The van der Waals surface area contributed by atoms with E-state index in [1.54, 1.807) is 4.88 Å². The first-order valence-corrected chi connectivity index (χ1v) is 35.9. The second-order valence-electron chi connectivity index (χ2n) is 25.8. The number of thiophene rings is 4. The van der Waals surface area contributed by atoms with Crippen LogP contribution >= 0.6 is 45.3 Å². The van der Waals surface area contributed by atoms with Gasteiger partial charge in [-0.1, -0.05) is 145 Å². The molecule has 0 saturated carbocycles. The van der Waals surface area contributed by atoms with Crippen LogP contribution in [0.1, 0.15) is 191 Å². The molecule has 0 aliphatic carbocycles. The molecule has 464 valence electrons. The zero-order valence-electron chi connectivity index (χ0n) is 54.5. The number of fused-ring (bicyclic) bond motifs is 5. The molecule has 0 fully saturated rings. The van der Waals surface area contributed by atoms with Crippen molar-refractivity contribution in [2.75, 3.05) is 39.8 Å². The highest BCUT2D eigenvalue weighted by atomic mass is 32.1. The molecule has 2 atom stereocenters. The third kappa shape index (κ3) is 17.5. The number of aryl methyl sites for hydroxylation is 4. The molecular weight excluding hydrogens is 1130 g/mol. The molecule has 4 aromatic carbocycles. The third-order valence-corrected chi connectivity index (χ3v) is 22.9. The third-order valence-electron chi connectivity index (χ3n) is 17.6. The van der Waals surface area contributed by atoms with Gasteiger partial charge in [0.1, 0.15) is 11.5 Å². The van der Waals surface area contributed by atoms with E-state index >= 15 is 0 Å². The molecular formula is C76H102N2O4S4. The predicted molar refractivity (Wildman–Crippen MR) is 378 cm³/mol. The van der Waals surface area contributed by atoms with Crippen molar-refractivity contribution in [2.24, 2.45) is 17.3 Å². The van der Waals surface area contributed by atoms with Crippen LogP contribution in [0, 0.1) is 31.1 Å². The maximum Gasteiger partial charge on any atom is 0.154 e.